The van der Waals surface area contributed by atoms with Gasteiger partial charge in [-0.15, -0.1) is 0 Å². The Balaban J connectivity index is 1.58. The molecule has 0 spiro atoms. The Hall–Kier alpha value is -1.55. The maximum absolute atomic E-state index is 10.6. The molecular formula is C19H27NO3. The van der Waals surface area contributed by atoms with Gasteiger partial charge in [0.05, 0.1) is 7.11 Å². The number of rotatable bonds is 6. The van der Waals surface area contributed by atoms with Crippen molar-refractivity contribution in [1.82, 2.24) is 5.32 Å². The van der Waals surface area contributed by atoms with E-state index in [0.717, 1.165) is 31.4 Å². The number of carboxylic acid groups (broad SMARTS) is 1. The van der Waals surface area contributed by atoms with E-state index in [1.54, 1.807) is 7.11 Å². The van der Waals surface area contributed by atoms with Gasteiger partial charge in [0.25, 0.3) is 0 Å². The molecule has 1 saturated carbocycles. The normalized spacial score (nSPS) is 29.5. The molecular weight excluding hydrogens is 290 g/mol. The van der Waals surface area contributed by atoms with Gasteiger partial charge in [-0.3, -0.25) is 4.79 Å². The van der Waals surface area contributed by atoms with E-state index in [1.807, 2.05) is 0 Å². The Kier molecular flexibility index (Phi) is 4.90. The maximum atomic E-state index is 10.6. The Morgan fingerprint density at radius 1 is 1.35 bits per heavy atom. The van der Waals surface area contributed by atoms with Crippen LogP contribution in [0.3, 0.4) is 0 Å². The number of hydrogen-bond donors (Lipinski definition) is 2. The van der Waals surface area contributed by atoms with Gasteiger partial charge in [0.2, 0.25) is 0 Å². The Labute approximate surface area is 138 Å². The highest BCUT2D eigenvalue weighted by Gasteiger charge is 2.33. The number of hydrogen-bond acceptors (Lipinski definition) is 3. The smallest absolute Gasteiger partial charge is 0.303 e. The van der Waals surface area contributed by atoms with Crippen LogP contribution in [-0.4, -0.2) is 24.2 Å². The molecule has 2 unspecified atom stereocenters. The highest BCUT2D eigenvalue weighted by Crippen LogP contribution is 2.38. The van der Waals surface area contributed by atoms with Crippen molar-refractivity contribution in [2.75, 3.05) is 7.11 Å². The quantitative estimate of drug-likeness (QED) is 0.842. The van der Waals surface area contributed by atoms with Crippen LogP contribution in [0.4, 0.5) is 0 Å². The van der Waals surface area contributed by atoms with Crippen molar-refractivity contribution in [2.24, 2.45) is 11.8 Å². The van der Waals surface area contributed by atoms with E-state index in [1.165, 1.54) is 17.5 Å². The van der Waals surface area contributed by atoms with Crippen LogP contribution >= 0.6 is 0 Å². The second kappa shape index (κ2) is 6.91. The summed E-state index contributed by atoms with van der Waals surface area (Å²) in [6, 6.07) is 7.40. The van der Waals surface area contributed by atoms with E-state index in [-0.39, 0.29) is 0 Å². The van der Waals surface area contributed by atoms with E-state index in [9.17, 15) is 4.79 Å². The van der Waals surface area contributed by atoms with Crippen LogP contribution < -0.4 is 10.1 Å². The molecule has 1 aromatic carbocycles. The summed E-state index contributed by atoms with van der Waals surface area (Å²) in [4.78, 5) is 10.6. The Bertz CT molecular complexity index is 566. The highest BCUT2D eigenvalue weighted by molar-refractivity contribution is 5.66. The Morgan fingerprint density at radius 2 is 2.13 bits per heavy atom. The van der Waals surface area contributed by atoms with Gasteiger partial charge in [-0.05, 0) is 67.2 Å². The topological polar surface area (TPSA) is 58.6 Å². The first-order chi connectivity index (χ1) is 11.0. The van der Waals surface area contributed by atoms with Crippen LogP contribution in [0.2, 0.25) is 0 Å². The predicted molar refractivity (Wildman–Crippen MR) is 89.7 cm³/mol. The van der Waals surface area contributed by atoms with Gasteiger partial charge in [0, 0.05) is 18.5 Å². The minimum Gasteiger partial charge on any atom is -0.497 e. The molecule has 4 heteroatoms. The van der Waals surface area contributed by atoms with Crippen molar-refractivity contribution >= 4 is 5.97 Å². The molecule has 2 N–H and O–H groups in total. The van der Waals surface area contributed by atoms with Crippen LogP contribution in [0, 0.1) is 11.8 Å². The summed E-state index contributed by atoms with van der Waals surface area (Å²) in [6.07, 6.45) is 5.66. The molecule has 2 aliphatic rings. The third-order valence-corrected chi connectivity index (χ3v) is 5.37. The molecule has 2 aliphatic carbocycles. The molecule has 1 aromatic rings. The van der Waals surface area contributed by atoms with Gasteiger partial charge in [-0.1, -0.05) is 13.0 Å². The van der Waals surface area contributed by atoms with Crippen LogP contribution in [-0.2, 0) is 11.2 Å². The fourth-order valence-electron chi connectivity index (χ4n) is 4.09. The van der Waals surface area contributed by atoms with Crippen LogP contribution in [0.25, 0.3) is 0 Å². The lowest BCUT2D eigenvalue weighted by molar-refractivity contribution is -0.137. The van der Waals surface area contributed by atoms with E-state index >= 15 is 0 Å². The molecule has 3 rings (SSSR count). The van der Waals surface area contributed by atoms with Gasteiger partial charge in [-0.25, -0.2) is 0 Å². The molecule has 126 valence electrons. The van der Waals surface area contributed by atoms with Crippen molar-refractivity contribution in [3.05, 3.63) is 29.3 Å². The van der Waals surface area contributed by atoms with Crippen LogP contribution in [0.1, 0.15) is 56.2 Å². The standard InChI is InChI=1S/C19H27NO3/c1-12-7-14-11-16(23-2)4-5-17(14)18(8-12)20-15-9-13(10-15)3-6-19(21)22/h4-5,11-13,15,18,20H,3,6-10H2,1-2H3,(H,21,22). The summed E-state index contributed by atoms with van der Waals surface area (Å²) in [7, 11) is 1.72. The van der Waals surface area contributed by atoms with Crippen molar-refractivity contribution < 1.29 is 14.6 Å². The second-order valence-corrected chi connectivity index (χ2v) is 7.30. The van der Waals surface area contributed by atoms with Gasteiger partial charge >= 0.3 is 5.97 Å². The van der Waals surface area contributed by atoms with Crippen molar-refractivity contribution in [1.29, 1.82) is 0 Å². The first-order valence-corrected chi connectivity index (χ1v) is 8.69. The number of carbonyl (C=O) groups is 1. The largest absolute Gasteiger partial charge is 0.497 e. The monoisotopic (exact) mass is 317 g/mol. The highest BCUT2D eigenvalue weighted by atomic mass is 16.5. The van der Waals surface area contributed by atoms with E-state index < -0.39 is 5.97 Å². The lowest BCUT2D eigenvalue weighted by Gasteiger charge is -2.41. The molecule has 0 saturated heterocycles. The Morgan fingerprint density at radius 3 is 2.83 bits per heavy atom. The SMILES string of the molecule is COc1ccc2c(c1)CC(C)CC2NC1CC(CCC(=O)O)C1. The first-order valence-electron chi connectivity index (χ1n) is 8.69. The average molecular weight is 317 g/mol. The summed E-state index contributed by atoms with van der Waals surface area (Å²) < 4.78 is 5.36. The summed E-state index contributed by atoms with van der Waals surface area (Å²) in [5.74, 6) is 1.52. The summed E-state index contributed by atoms with van der Waals surface area (Å²) in [6.45, 7) is 2.31. The molecule has 2 atom stereocenters. The number of carboxylic acids is 1. The van der Waals surface area contributed by atoms with Gasteiger partial charge in [0.1, 0.15) is 5.75 Å². The zero-order valence-electron chi connectivity index (χ0n) is 14.0. The molecule has 0 radical (unpaired) electrons. The number of benzene rings is 1. The fraction of sp³-hybridized carbons (Fsp3) is 0.632. The minimum absolute atomic E-state index is 0.306. The third-order valence-electron chi connectivity index (χ3n) is 5.37. The van der Waals surface area contributed by atoms with Crippen molar-refractivity contribution in [3.63, 3.8) is 0 Å². The third kappa shape index (κ3) is 3.86. The zero-order valence-corrected chi connectivity index (χ0v) is 14.0. The second-order valence-electron chi connectivity index (χ2n) is 7.30. The maximum Gasteiger partial charge on any atom is 0.303 e. The number of methoxy groups -OCH3 is 1. The molecule has 1 fully saturated rings. The first kappa shape index (κ1) is 16.3. The number of fused-ring (bicyclic) bond motifs is 1. The predicted octanol–water partition coefficient (Wildman–Crippen LogP) is 3.55. The van der Waals surface area contributed by atoms with Crippen molar-refractivity contribution in [3.8, 4) is 5.75 Å². The summed E-state index contributed by atoms with van der Waals surface area (Å²) in [5.41, 5.74) is 2.82. The summed E-state index contributed by atoms with van der Waals surface area (Å²) >= 11 is 0. The summed E-state index contributed by atoms with van der Waals surface area (Å²) in [5, 5.41) is 12.6. The molecule has 0 heterocycles. The van der Waals surface area contributed by atoms with E-state index in [2.05, 4.69) is 30.4 Å². The van der Waals surface area contributed by atoms with Gasteiger partial charge in [0.15, 0.2) is 0 Å². The molecule has 0 aromatic heterocycles. The average Bonchev–Trinajstić information content (AvgIpc) is 2.48. The molecule has 4 nitrogen and oxygen atoms in total. The fourth-order valence-corrected chi connectivity index (χ4v) is 4.09. The zero-order chi connectivity index (χ0) is 16.4. The van der Waals surface area contributed by atoms with Gasteiger partial charge < -0.3 is 15.2 Å². The van der Waals surface area contributed by atoms with E-state index in [4.69, 9.17) is 9.84 Å². The molecule has 0 bridgehead atoms. The lowest BCUT2D eigenvalue weighted by atomic mass is 9.75. The molecule has 23 heavy (non-hydrogen) atoms. The van der Waals surface area contributed by atoms with Crippen LogP contribution in [0.5, 0.6) is 5.75 Å². The minimum atomic E-state index is -0.676. The molecule has 0 aliphatic heterocycles. The van der Waals surface area contributed by atoms with Crippen molar-refractivity contribution in [2.45, 2.75) is 57.5 Å². The molecule has 0 amide bonds. The number of aliphatic carboxylic acids is 1. The van der Waals surface area contributed by atoms with Crippen LogP contribution in [0.15, 0.2) is 18.2 Å². The van der Waals surface area contributed by atoms with E-state index in [0.29, 0.717) is 30.3 Å². The number of ether oxygens (including phenoxy) is 1. The van der Waals surface area contributed by atoms with Gasteiger partial charge in [-0.2, -0.15) is 0 Å². The number of nitrogens with one attached hydrogen (secondary N) is 1. The lowest BCUT2D eigenvalue weighted by Crippen LogP contribution is -2.44.